The second-order valence-electron chi connectivity index (χ2n) is 3.84. The molecule has 1 atom stereocenters. The smallest absolute Gasteiger partial charge is 0.239 e. The van der Waals surface area contributed by atoms with Gasteiger partial charge in [-0.25, -0.2) is 0 Å². The van der Waals surface area contributed by atoms with Crippen LogP contribution in [0.25, 0.3) is 0 Å². The summed E-state index contributed by atoms with van der Waals surface area (Å²) >= 11 is 0. The molecular formula is C11H22N2O3. The van der Waals surface area contributed by atoms with Crippen LogP contribution in [-0.4, -0.2) is 51.5 Å². The lowest BCUT2D eigenvalue weighted by molar-refractivity contribution is -0.125. The quantitative estimate of drug-likeness (QED) is 0.600. The fourth-order valence-electron chi connectivity index (χ4n) is 1.49. The van der Waals surface area contributed by atoms with E-state index in [-0.39, 0.29) is 11.9 Å². The van der Waals surface area contributed by atoms with E-state index in [9.17, 15) is 4.79 Å². The van der Waals surface area contributed by atoms with Gasteiger partial charge in [0.25, 0.3) is 0 Å². The molecule has 0 radical (unpaired) electrons. The maximum Gasteiger partial charge on any atom is 0.239 e. The van der Waals surface area contributed by atoms with Gasteiger partial charge in [-0.3, -0.25) is 4.79 Å². The van der Waals surface area contributed by atoms with Crippen molar-refractivity contribution in [2.24, 2.45) is 0 Å². The predicted octanol–water partition coefficient (Wildman–Crippen LogP) is -0.0923. The molecule has 1 rings (SSSR count). The van der Waals surface area contributed by atoms with Gasteiger partial charge < -0.3 is 20.1 Å². The highest BCUT2D eigenvalue weighted by molar-refractivity contribution is 5.81. The van der Waals surface area contributed by atoms with Crippen molar-refractivity contribution in [2.45, 2.75) is 25.8 Å². The van der Waals surface area contributed by atoms with E-state index in [1.807, 2.05) is 0 Å². The standard InChI is InChI=1S/C11H22N2O3/c1-2-6-15-7-3-4-13-11(14)10-9-16-8-5-12-10/h10,12H,2-9H2,1H3,(H,13,14). The Labute approximate surface area is 96.9 Å². The number of nitrogens with one attached hydrogen (secondary N) is 2. The van der Waals surface area contributed by atoms with Crippen molar-refractivity contribution < 1.29 is 14.3 Å². The number of carbonyl (C=O) groups is 1. The second kappa shape index (κ2) is 8.50. The van der Waals surface area contributed by atoms with E-state index in [1.165, 1.54) is 0 Å². The molecule has 0 bridgehead atoms. The van der Waals surface area contributed by atoms with Crippen LogP contribution in [0.1, 0.15) is 19.8 Å². The zero-order valence-electron chi connectivity index (χ0n) is 9.96. The van der Waals surface area contributed by atoms with Crippen LogP contribution in [0.3, 0.4) is 0 Å². The van der Waals surface area contributed by atoms with Gasteiger partial charge in [-0.2, -0.15) is 0 Å². The van der Waals surface area contributed by atoms with E-state index >= 15 is 0 Å². The Bertz CT molecular complexity index is 194. The molecule has 16 heavy (non-hydrogen) atoms. The van der Waals surface area contributed by atoms with Crippen LogP contribution in [0.5, 0.6) is 0 Å². The summed E-state index contributed by atoms with van der Waals surface area (Å²) in [6.45, 7) is 6.16. The highest BCUT2D eigenvalue weighted by Gasteiger charge is 2.20. The molecule has 0 aliphatic carbocycles. The lowest BCUT2D eigenvalue weighted by Crippen LogP contribution is -2.51. The van der Waals surface area contributed by atoms with Crippen LogP contribution in [0.15, 0.2) is 0 Å². The normalized spacial score (nSPS) is 20.7. The maximum atomic E-state index is 11.6. The third-order valence-electron chi connectivity index (χ3n) is 2.35. The molecule has 0 spiro atoms. The van der Waals surface area contributed by atoms with Gasteiger partial charge in [0.2, 0.25) is 5.91 Å². The first-order valence-electron chi connectivity index (χ1n) is 6.01. The zero-order chi connectivity index (χ0) is 11.6. The molecule has 5 heteroatoms. The topological polar surface area (TPSA) is 59.6 Å². The Morgan fingerprint density at radius 2 is 2.44 bits per heavy atom. The summed E-state index contributed by atoms with van der Waals surface area (Å²) in [7, 11) is 0. The molecule has 0 saturated carbocycles. The third-order valence-corrected chi connectivity index (χ3v) is 2.35. The first-order valence-corrected chi connectivity index (χ1v) is 6.01. The summed E-state index contributed by atoms with van der Waals surface area (Å²) in [6, 6.07) is -0.190. The lowest BCUT2D eigenvalue weighted by Gasteiger charge is -2.22. The van der Waals surface area contributed by atoms with Crippen molar-refractivity contribution in [2.75, 3.05) is 39.5 Å². The molecule has 5 nitrogen and oxygen atoms in total. The molecule has 1 aliphatic rings. The van der Waals surface area contributed by atoms with Gasteiger partial charge in [-0.05, 0) is 12.8 Å². The fourth-order valence-corrected chi connectivity index (χ4v) is 1.49. The van der Waals surface area contributed by atoms with Crippen LogP contribution < -0.4 is 10.6 Å². The Hall–Kier alpha value is -0.650. The van der Waals surface area contributed by atoms with E-state index in [1.54, 1.807) is 0 Å². The Morgan fingerprint density at radius 3 is 3.12 bits per heavy atom. The fraction of sp³-hybridized carbons (Fsp3) is 0.909. The number of carbonyl (C=O) groups excluding carboxylic acids is 1. The van der Waals surface area contributed by atoms with Gasteiger partial charge in [0.05, 0.1) is 13.2 Å². The average molecular weight is 230 g/mol. The van der Waals surface area contributed by atoms with E-state index in [4.69, 9.17) is 9.47 Å². The van der Waals surface area contributed by atoms with Crippen molar-refractivity contribution in [3.63, 3.8) is 0 Å². The zero-order valence-corrected chi connectivity index (χ0v) is 9.96. The van der Waals surface area contributed by atoms with Gasteiger partial charge >= 0.3 is 0 Å². The van der Waals surface area contributed by atoms with Crippen LogP contribution in [0.2, 0.25) is 0 Å². The molecule has 1 fully saturated rings. The highest BCUT2D eigenvalue weighted by Crippen LogP contribution is 1.93. The summed E-state index contributed by atoms with van der Waals surface area (Å²) in [6.07, 6.45) is 1.90. The number of rotatable bonds is 7. The molecule has 1 saturated heterocycles. The van der Waals surface area contributed by atoms with Crippen LogP contribution >= 0.6 is 0 Å². The summed E-state index contributed by atoms with van der Waals surface area (Å²) < 4.78 is 10.5. The van der Waals surface area contributed by atoms with Gasteiger partial charge in [0.15, 0.2) is 0 Å². The third kappa shape index (κ3) is 5.44. The van der Waals surface area contributed by atoms with Gasteiger partial charge in [0.1, 0.15) is 6.04 Å². The molecular weight excluding hydrogens is 208 g/mol. The summed E-state index contributed by atoms with van der Waals surface area (Å²) in [5, 5.41) is 5.98. The van der Waals surface area contributed by atoms with Crippen LogP contribution in [0.4, 0.5) is 0 Å². The average Bonchev–Trinajstić information content (AvgIpc) is 2.34. The molecule has 2 N–H and O–H groups in total. The van der Waals surface area contributed by atoms with E-state index in [0.29, 0.717) is 26.4 Å². The second-order valence-corrected chi connectivity index (χ2v) is 3.84. The van der Waals surface area contributed by atoms with Crippen molar-refractivity contribution in [3.05, 3.63) is 0 Å². The number of hydrogen-bond acceptors (Lipinski definition) is 4. The Morgan fingerprint density at radius 1 is 1.56 bits per heavy atom. The summed E-state index contributed by atoms with van der Waals surface area (Å²) in [5.74, 6) is 0.0233. The first kappa shape index (κ1) is 13.4. The molecule has 1 heterocycles. The molecule has 0 aromatic heterocycles. The molecule has 0 aromatic rings. The van der Waals surface area contributed by atoms with Crippen molar-refractivity contribution in [3.8, 4) is 0 Å². The van der Waals surface area contributed by atoms with E-state index < -0.39 is 0 Å². The van der Waals surface area contributed by atoms with Crippen LogP contribution in [-0.2, 0) is 14.3 Å². The van der Waals surface area contributed by atoms with E-state index in [2.05, 4.69) is 17.6 Å². The predicted molar refractivity (Wildman–Crippen MR) is 61.3 cm³/mol. The first-order chi connectivity index (χ1) is 7.84. The van der Waals surface area contributed by atoms with E-state index in [0.717, 1.165) is 26.0 Å². The largest absolute Gasteiger partial charge is 0.381 e. The van der Waals surface area contributed by atoms with Gasteiger partial charge in [0, 0.05) is 26.3 Å². The van der Waals surface area contributed by atoms with Crippen molar-refractivity contribution in [1.82, 2.24) is 10.6 Å². The van der Waals surface area contributed by atoms with Gasteiger partial charge in [-0.15, -0.1) is 0 Å². The molecule has 1 amide bonds. The minimum absolute atomic E-state index is 0.0233. The highest BCUT2D eigenvalue weighted by atomic mass is 16.5. The Kier molecular flexibility index (Phi) is 7.12. The van der Waals surface area contributed by atoms with Crippen molar-refractivity contribution >= 4 is 5.91 Å². The molecule has 0 aromatic carbocycles. The maximum absolute atomic E-state index is 11.6. The monoisotopic (exact) mass is 230 g/mol. The molecule has 1 unspecified atom stereocenters. The number of morpholine rings is 1. The summed E-state index contributed by atoms with van der Waals surface area (Å²) in [4.78, 5) is 11.6. The Balaban J connectivity index is 1.97. The lowest BCUT2D eigenvalue weighted by atomic mass is 10.2. The number of amides is 1. The minimum atomic E-state index is -0.190. The number of hydrogen-bond donors (Lipinski definition) is 2. The van der Waals surface area contributed by atoms with Crippen LogP contribution in [0, 0.1) is 0 Å². The summed E-state index contributed by atoms with van der Waals surface area (Å²) in [5.41, 5.74) is 0. The molecule has 94 valence electrons. The SMILES string of the molecule is CCCOCCCNC(=O)C1COCCN1. The molecule has 1 aliphatic heterocycles. The van der Waals surface area contributed by atoms with Gasteiger partial charge in [-0.1, -0.05) is 6.92 Å². The van der Waals surface area contributed by atoms with Crippen molar-refractivity contribution in [1.29, 1.82) is 0 Å². The number of ether oxygens (including phenoxy) is 2. The minimum Gasteiger partial charge on any atom is -0.381 e.